The van der Waals surface area contributed by atoms with E-state index in [0.717, 1.165) is 5.56 Å². The van der Waals surface area contributed by atoms with Gasteiger partial charge < -0.3 is 15.4 Å². The largest absolute Gasteiger partial charge is 0.496 e. The molecule has 0 aliphatic carbocycles. The number of amides is 2. The summed E-state index contributed by atoms with van der Waals surface area (Å²) in [7, 11) is 4.87. The van der Waals surface area contributed by atoms with Gasteiger partial charge in [0.1, 0.15) is 11.4 Å². The molecule has 0 radical (unpaired) electrons. The number of rotatable bonds is 5. The van der Waals surface area contributed by atoms with Crippen molar-refractivity contribution in [3.05, 3.63) is 71.4 Å². The molecule has 0 saturated heterocycles. The fourth-order valence-corrected chi connectivity index (χ4v) is 2.95. The van der Waals surface area contributed by atoms with Crippen molar-refractivity contribution in [3.63, 3.8) is 0 Å². The van der Waals surface area contributed by atoms with Crippen LogP contribution in [-0.4, -0.2) is 42.3 Å². The molecule has 0 fully saturated rings. The Morgan fingerprint density at radius 1 is 1.10 bits per heavy atom. The van der Waals surface area contributed by atoms with E-state index in [0.29, 0.717) is 28.3 Å². The maximum absolute atomic E-state index is 12.6. The molecule has 2 aromatic carbocycles. The van der Waals surface area contributed by atoms with Crippen molar-refractivity contribution < 1.29 is 14.3 Å². The maximum Gasteiger partial charge on any atom is 0.270 e. The smallest absolute Gasteiger partial charge is 0.270 e. The van der Waals surface area contributed by atoms with Crippen molar-refractivity contribution >= 4 is 11.8 Å². The number of nitrogens with one attached hydrogen (secondary N) is 2. The molecule has 3 rings (SSSR count). The minimum atomic E-state index is -0.292. The first kappa shape index (κ1) is 20.7. The highest BCUT2D eigenvalue weighted by atomic mass is 16.5. The van der Waals surface area contributed by atoms with Crippen LogP contribution in [0.5, 0.6) is 5.75 Å². The topological polar surface area (TPSA) is 85.2 Å². The van der Waals surface area contributed by atoms with Gasteiger partial charge in [0.25, 0.3) is 11.8 Å². The first-order chi connectivity index (χ1) is 14.5. The average molecular weight is 402 g/mol. The van der Waals surface area contributed by atoms with Crippen LogP contribution < -0.4 is 15.4 Å². The number of carbonyl (C=O) groups excluding carboxylic acids is 2. The molecule has 0 aliphatic heterocycles. The molecule has 0 spiro atoms. The minimum absolute atomic E-state index is 0.135. The molecule has 0 saturated carbocycles. The summed E-state index contributed by atoms with van der Waals surface area (Å²) in [5, 5.41) is 9.77. The lowest BCUT2D eigenvalue weighted by Crippen LogP contribution is -2.25. The molecule has 1 heterocycles. The molecule has 0 unspecified atom stereocenters. The zero-order valence-corrected chi connectivity index (χ0v) is 17.0. The Labute approximate surface area is 175 Å². The molecule has 2 amide bonds. The summed E-state index contributed by atoms with van der Waals surface area (Å²) in [6.45, 7) is 0.135. The van der Waals surface area contributed by atoms with E-state index in [1.54, 1.807) is 45.5 Å². The zero-order chi connectivity index (χ0) is 21.5. The van der Waals surface area contributed by atoms with Gasteiger partial charge in [0.05, 0.1) is 24.9 Å². The number of hydrogen-bond acceptors (Lipinski definition) is 4. The lowest BCUT2D eigenvalue weighted by Gasteiger charge is -2.04. The molecule has 0 atom stereocenters. The third-order valence-corrected chi connectivity index (χ3v) is 4.45. The van der Waals surface area contributed by atoms with Crippen molar-refractivity contribution in [2.45, 2.75) is 0 Å². The van der Waals surface area contributed by atoms with Gasteiger partial charge in [-0.05, 0) is 30.3 Å². The Morgan fingerprint density at radius 2 is 1.83 bits per heavy atom. The third-order valence-electron chi connectivity index (χ3n) is 4.45. The van der Waals surface area contributed by atoms with E-state index < -0.39 is 0 Å². The van der Waals surface area contributed by atoms with Crippen LogP contribution in [0.1, 0.15) is 26.4 Å². The number of carbonyl (C=O) groups is 2. The molecule has 0 aliphatic rings. The summed E-state index contributed by atoms with van der Waals surface area (Å²) in [5.41, 5.74) is 2.95. The second-order valence-corrected chi connectivity index (χ2v) is 6.35. The molecule has 7 nitrogen and oxygen atoms in total. The van der Waals surface area contributed by atoms with Crippen molar-refractivity contribution in [2.24, 2.45) is 7.05 Å². The van der Waals surface area contributed by atoms with E-state index in [2.05, 4.69) is 27.6 Å². The molecule has 1 aromatic heterocycles. The first-order valence-electron chi connectivity index (χ1n) is 9.30. The van der Waals surface area contributed by atoms with Crippen LogP contribution in [0.25, 0.3) is 11.3 Å². The highest BCUT2D eigenvalue weighted by Gasteiger charge is 2.16. The SMILES string of the molecule is CNC(=O)c1ccccc1C#CCNC(=O)c1cc(-c2ccccc2OC)nn1C. The Morgan fingerprint density at radius 3 is 2.60 bits per heavy atom. The minimum Gasteiger partial charge on any atom is -0.496 e. The monoisotopic (exact) mass is 402 g/mol. The fraction of sp³-hybridized carbons (Fsp3) is 0.174. The molecule has 0 bridgehead atoms. The number of nitrogens with zero attached hydrogens (tertiary/aromatic N) is 2. The number of methoxy groups -OCH3 is 1. The number of ether oxygens (including phenoxy) is 1. The van der Waals surface area contributed by atoms with Gasteiger partial charge in [-0.15, -0.1) is 0 Å². The van der Waals surface area contributed by atoms with Crippen molar-refractivity contribution in [3.8, 4) is 28.8 Å². The van der Waals surface area contributed by atoms with Gasteiger partial charge in [0.15, 0.2) is 0 Å². The normalized spacial score (nSPS) is 9.97. The van der Waals surface area contributed by atoms with Crippen molar-refractivity contribution in [2.75, 3.05) is 20.7 Å². The zero-order valence-electron chi connectivity index (χ0n) is 17.0. The number of para-hydroxylation sites is 1. The summed E-state index contributed by atoms with van der Waals surface area (Å²) in [5.74, 6) is 6.00. The summed E-state index contributed by atoms with van der Waals surface area (Å²) < 4.78 is 6.89. The van der Waals surface area contributed by atoms with E-state index in [1.165, 1.54) is 4.68 Å². The Balaban J connectivity index is 1.71. The number of hydrogen-bond donors (Lipinski definition) is 2. The van der Waals surface area contributed by atoms with Gasteiger partial charge in [-0.25, -0.2) is 0 Å². The highest BCUT2D eigenvalue weighted by molar-refractivity contribution is 5.96. The summed E-state index contributed by atoms with van der Waals surface area (Å²) in [6, 6.07) is 16.3. The lowest BCUT2D eigenvalue weighted by molar-refractivity contribution is 0.0945. The molecular formula is C23H22N4O3. The Hall–Kier alpha value is -4.05. The third kappa shape index (κ3) is 4.50. The van der Waals surface area contributed by atoms with Crippen LogP contribution in [0, 0.1) is 11.8 Å². The summed E-state index contributed by atoms with van der Waals surface area (Å²) in [6.07, 6.45) is 0. The first-order valence-corrected chi connectivity index (χ1v) is 9.30. The standard InChI is InChI=1S/C23H22N4O3/c1-24-22(28)17-11-5-4-9-16(17)10-8-14-25-23(29)20-15-19(26-27(20)2)18-12-6-7-13-21(18)30-3/h4-7,9,11-13,15H,14H2,1-3H3,(H,24,28)(H,25,29). The van der Waals surface area contributed by atoms with Crippen LogP contribution in [-0.2, 0) is 7.05 Å². The van der Waals surface area contributed by atoms with Crippen LogP contribution in [0.3, 0.4) is 0 Å². The van der Waals surface area contributed by atoms with Crippen molar-refractivity contribution in [1.82, 2.24) is 20.4 Å². The second kappa shape index (κ2) is 9.43. The van der Waals surface area contributed by atoms with Gasteiger partial charge in [-0.1, -0.05) is 36.1 Å². The molecule has 2 N–H and O–H groups in total. The van der Waals surface area contributed by atoms with Gasteiger partial charge in [-0.3, -0.25) is 14.3 Å². The van der Waals surface area contributed by atoms with Gasteiger partial charge in [0, 0.05) is 25.2 Å². The molecular weight excluding hydrogens is 380 g/mol. The number of benzene rings is 2. The van der Waals surface area contributed by atoms with Crippen LogP contribution in [0.4, 0.5) is 0 Å². The second-order valence-electron chi connectivity index (χ2n) is 6.35. The van der Waals surface area contributed by atoms with E-state index in [9.17, 15) is 9.59 Å². The van der Waals surface area contributed by atoms with Crippen LogP contribution >= 0.6 is 0 Å². The molecule has 3 aromatic rings. The van der Waals surface area contributed by atoms with Gasteiger partial charge in [-0.2, -0.15) is 5.10 Å². The van der Waals surface area contributed by atoms with E-state index in [1.807, 2.05) is 30.3 Å². The summed E-state index contributed by atoms with van der Waals surface area (Å²) >= 11 is 0. The van der Waals surface area contributed by atoms with Gasteiger partial charge >= 0.3 is 0 Å². The van der Waals surface area contributed by atoms with E-state index in [4.69, 9.17) is 4.74 Å². The number of aromatic nitrogens is 2. The Kier molecular flexibility index (Phi) is 6.50. The fourth-order valence-electron chi connectivity index (χ4n) is 2.95. The van der Waals surface area contributed by atoms with Crippen LogP contribution in [0.2, 0.25) is 0 Å². The lowest BCUT2D eigenvalue weighted by atomic mass is 10.1. The molecule has 152 valence electrons. The maximum atomic E-state index is 12.6. The quantitative estimate of drug-likeness (QED) is 0.641. The predicted molar refractivity (Wildman–Crippen MR) is 114 cm³/mol. The van der Waals surface area contributed by atoms with E-state index in [-0.39, 0.29) is 18.4 Å². The predicted octanol–water partition coefficient (Wildman–Crippen LogP) is 2.24. The van der Waals surface area contributed by atoms with Gasteiger partial charge in [0.2, 0.25) is 0 Å². The summed E-state index contributed by atoms with van der Waals surface area (Å²) in [4.78, 5) is 24.5. The van der Waals surface area contributed by atoms with Crippen LogP contribution in [0.15, 0.2) is 54.6 Å². The number of aryl methyl sites for hydroxylation is 1. The highest BCUT2D eigenvalue weighted by Crippen LogP contribution is 2.28. The molecule has 30 heavy (non-hydrogen) atoms. The van der Waals surface area contributed by atoms with Crippen molar-refractivity contribution in [1.29, 1.82) is 0 Å². The Bertz CT molecular complexity index is 1140. The average Bonchev–Trinajstić information content (AvgIpc) is 3.17. The van der Waals surface area contributed by atoms with E-state index >= 15 is 0 Å². The molecule has 7 heteroatoms.